The van der Waals surface area contributed by atoms with Gasteiger partial charge < -0.3 is 19.7 Å². The zero-order chi connectivity index (χ0) is 28.2. The molecular weight excluding hydrogens is 555 g/mol. The highest BCUT2D eigenvalue weighted by Crippen LogP contribution is 2.45. The Bertz CT molecular complexity index is 1420. The number of amidine groups is 1. The Morgan fingerprint density at radius 1 is 1.00 bits per heavy atom. The summed E-state index contributed by atoms with van der Waals surface area (Å²) >= 11 is 12.4. The Hall–Kier alpha value is -3.89. The van der Waals surface area contributed by atoms with E-state index in [0.717, 1.165) is 11.1 Å². The van der Waals surface area contributed by atoms with Crippen LogP contribution in [0.3, 0.4) is 0 Å². The molecule has 2 atom stereocenters. The van der Waals surface area contributed by atoms with Crippen molar-refractivity contribution >= 4 is 41.0 Å². The molecule has 3 amide bonds. The number of ether oxygens (including phenoxy) is 2. The van der Waals surface area contributed by atoms with Gasteiger partial charge in [0.15, 0.2) is 0 Å². The van der Waals surface area contributed by atoms with E-state index in [9.17, 15) is 9.59 Å². The fourth-order valence-corrected chi connectivity index (χ4v) is 5.01. The molecule has 40 heavy (non-hydrogen) atoms. The second-order valence-corrected chi connectivity index (χ2v) is 9.98. The Morgan fingerprint density at radius 2 is 1.65 bits per heavy atom. The third-order valence-electron chi connectivity index (χ3n) is 6.53. The molecule has 1 N–H and O–H groups in total. The van der Waals surface area contributed by atoms with Gasteiger partial charge in [-0.15, -0.1) is 0 Å². The van der Waals surface area contributed by atoms with Gasteiger partial charge in [-0.2, -0.15) is 4.98 Å². The average Bonchev–Trinajstić information content (AvgIpc) is 3.34. The minimum Gasteiger partial charge on any atom is -0.477 e. The van der Waals surface area contributed by atoms with Crippen LogP contribution in [-0.2, 0) is 4.79 Å². The smallest absolute Gasteiger partial charge is 0.326 e. The number of nitrogens with zero attached hydrogens (tertiary/aromatic N) is 5. The Morgan fingerprint density at radius 3 is 2.27 bits per heavy atom. The molecular formula is C28H28Cl2N6O4. The first-order valence-electron chi connectivity index (χ1n) is 13.0. The molecule has 12 heteroatoms. The first-order chi connectivity index (χ1) is 19.4. The van der Waals surface area contributed by atoms with Crippen LogP contribution in [0.5, 0.6) is 11.9 Å². The van der Waals surface area contributed by atoms with Crippen LogP contribution >= 0.6 is 23.2 Å². The monoisotopic (exact) mass is 582 g/mol. The van der Waals surface area contributed by atoms with Crippen LogP contribution in [0.1, 0.15) is 42.6 Å². The Balaban J connectivity index is 1.69. The van der Waals surface area contributed by atoms with Crippen molar-refractivity contribution in [3.8, 4) is 11.9 Å². The number of hydrogen-bond donors (Lipinski definition) is 1. The highest BCUT2D eigenvalue weighted by molar-refractivity contribution is 6.30. The molecule has 2 aliphatic heterocycles. The maximum absolute atomic E-state index is 14.3. The van der Waals surface area contributed by atoms with E-state index in [2.05, 4.69) is 15.3 Å². The van der Waals surface area contributed by atoms with Gasteiger partial charge in [0.2, 0.25) is 11.8 Å². The third kappa shape index (κ3) is 5.68. The van der Waals surface area contributed by atoms with Crippen LogP contribution < -0.4 is 14.8 Å². The molecule has 0 radical (unpaired) electrons. The number of piperazine rings is 1. The molecule has 3 aromatic rings. The van der Waals surface area contributed by atoms with Gasteiger partial charge in [-0.05, 0) is 49.2 Å². The maximum Gasteiger partial charge on any atom is 0.326 e. The molecule has 2 unspecified atom stereocenters. The van der Waals surface area contributed by atoms with Crippen molar-refractivity contribution in [1.29, 1.82) is 0 Å². The van der Waals surface area contributed by atoms with Crippen LogP contribution in [0.2, 0.25) is 10.0 Å². The van der Waals surface area contributed by atoms with Gasteiger partial charge in [-0.1, -0.05) is 47.5 Å². The summed E-state index contributed by atoms with van der Waals surface area (Å²) in [5, 5.41) is 3.92. The van der Waals surface area contributed by atoms with Crippen LogP contribution in [0.15, 0.2) is 59.7 Å². The molecule has 1 saturated heterocycles. The molecule has 2 aromatic carbocycles. The predicted molar refractivity (Wildman–Crippen MR) is 151 cm³/mol. The predicted octanol–water partition coefficient (Wildman–Crippen LogP) is 4.68. The number of carbonyl (C=O) groups is 2. The van der Waals surface area contributed by atoms with Crippen molar-refractivity contribution in [2.24, 2.45) is 4.99 Å². The second kappa shape index (κ2) is 12.1. The lowest BCUT2D eigenvalue weighted by atomic mass is 9.94. The van der Waals surface area contributed by atoms with Gasteiger partial charge in [0.25, 0.3) is 0 Å². The summed E-state index contributed by atoms with van der Waals surface area (Å²) in [4.78, 5) is 43.5. The van der Waals surface area contributed by atoms with E-state index >= 15 is 0 Å². The highest BCUT2D eigenvalue weighted by Gasteiger charge is 2.45. The van der Waals surface area contributed by atoms with E-state index in [4.69, 9.17) is 37.7 Å². The third-order valence-corrected chi connectivity index (χ3v) is 7.04. The highest BCUT2D eigenvalue weighted by atomic mass is 35.5. The SMILES string of the molecule is CCOc1ncc(C2=NC(c3ccc(Cl)cc3)C(c3ccc(Cl)cc3)N2C(=O)N2CCNC(=O)C2)c(OCC)n1. The van der Waals surface area contributed by atoms with Crippen molar-refractivity contribution in [2.75, 3.05) is 32.8 Å². The number of carbonyl (C=O) groups excluding carboxylic acids is 2. The van der Waals surface area contributed by atoms with Crippen LogP contribution in [0.25, 0.3) is 0 Å². The van der Waals surface area contributed by atoms with Gasteiger partial charge in [0, 0.05) is 29.3 Å². The molecule has 1 aromatic heterocycles. The standard InChI is InChI=1S/C28H28Cl2N6O4/c1-3-39-26-21(15-32-27(34-26)40-4-2)25-33-23(17-5-9-19(29)10-6-17)24(18-7-11-20(30)12-8-18)36(25)28(38)35-14-13-31-22(37)16-35/h5-12,15,23-24H,3-4,13-14,16H2,1-2H3,(H,31,37). The van der Waals surface area contributed by atoms with Gasteiger partial charge in [-0.25, -0.2) is 9.78 Å². The number of amides is 3. The Kier molecular flexibility index (Phi) is 8.37. The first kappa shape index (κ1) is 27.7. The maximum atomic E-state index is 14.3. The lowest BCUT2D eigenvalue weighted by Crippen LogP contribution is -2.55. The minimum absolute atomic E-state index is 0.0698. The topological polar surface area (TPSA) is 109 Å². The molecule has 0 aliphatic carbocycles. The summed E-state index contributed by atoms with van der Waals surface area (Å²) in [7, 11) is 0. The number of nitrogens with one attached hydrogen (secondary N) is 1. The van der Waals surface area contributed by atoms with E-state index in [1.165, 1.54) is 4.90 Å². The Labute approximate surface area is 241 Å². The number of aliphatic imine (C=N–C) groups is 1. The van der Waals surface area contributed by atoms with Crippen LogP contribution in [0.4, 0.5) is 4.79 Å². The quantitative estimate of drug-likeness (QED) is 0.433. The number of hydrogen-bond acceptors (Lipinski definition) is 7. The number of benzene rings is 2. The lowest BCUT2D eigenvalue weighted by Gasteiger charge is -2.35. The summed E-state index contributed by atoms with van der Waals surface area (Å²) in [6, 6.07) is 13.3. The molecule has 0 bridgehead atoms. The number of aromatic nitrogens is 2. The van der Waals surface area contributed by atoms with Crippen molar-refractivity contribution in [2.45, 2.75) is 25.9 Å². The molecule has 0 spiro atoms. The molecule has 1 fully saturated rings. The molecule has 3 heterocycles. The summed E-state index contributed by atoms with van der Waals surface area (Å²) in [6.45, 7) is 5.01. The fourth-order valence-electron chi connectivity index (χ4n) is 4.76. The van der Waals surface area contributed by atoms with Crippen molar-refractivity contribution in [1.82, 2.24) is 25.1 Å². The molecule has 5 rings (SSSR count). The van der Waals surface area contributed by atoms with Crippen molar-refractivity contribution in [3.05, 3.63) is 81.5 Å². The van der Waals surface area contributed by atoms with E-state index in [0.29, 0.717) is 47.7 Å². The summed E-state index contributed by atoms with van der Waals surface area (Å²) in [5.41, 5.74) is 2.08. The average molecular weight is 583 g/mol. The first-order valence-corrected chi connectivity index (χ1v) is 13.7. The fraction of sp³-hybridized carbons (Fsp3) is 0.321. The summed E-state index contributed by atoms with van der Waals surface area (Å²) < 4.78 is 11.4. The van der Waals surface area contributed by atoms with Gasteiger partial charge in [0.1, 0.15) is 18.4 Å². The molecule has 208 valence electrons. The summed E-state index contributed by atoms with van der Waals surface area (Å²) in [6.07, 6.45) is 1.55. The molecule has 2 aliphatic rings. The second-order valence-electron chi connectivity index (χ2n) is 9.11. The zero-order valence-corrected chi connectivity index (χ0v) is 23.5. The number of halogens is 2. The van der Waals surface area contributed by atoms with E-state index in [-0.39, 0.29) is 30.4 Å². The van der Waals surface area contributed by atoms with E-state index < -0.39 is 12.1 Å². The molecule has 10 nitrogen and oxygen atoms in total. The van der Waals surface area contributed by atoms with Gasteiger partial charge in [0.05, 0.1) is 24.8 Å². The van der Waals surface area contributed by atoms with Crippen molar-refractivity contribution in [3.63, 3.8) is 0 Å². The zero-order valence-electron chi connectivity index (χ0n) is 22.0. The van der Waals surface area contributed by atoms with Crippen molar-refractivity contribution < 1.29 is 19.1 Å². The number of rotatable bonds is 7. The number of urea groups is 1. The van der Waals surface area contributed by atoms with Crippen LogP contribution in [0, 0.1) is 0 Å². The molecule has 0 saturated carbocycles. The largest absolute Gasteiger partial charge is 0.477 e. The lowest BCUT2D eigenvalue weighted by molar-refractivity contribution is -0.123. The van der Waals surface area contributed by atoms with E-state index in [1.807, 2.05) is 38.1 Å². The normalized spacial score (nSPS) is 18.8. The summed E-state index contributed by atoms with van der Waals surface area (Å²) in [5.74, 6) is 0.330. The minimum atomic E-state index is -0.577. The van der Waals surface area contributed by atoms with Crippen LogP contribution in [-0.4, -0.2) is 70.4 Å². The van der Waals surface area contributed by atoms with Gasteiger partial charge >= 0.3 is 12.0 Å². The van der Waals surface area contributed by atoms with Gasteiger partial charge in [-0.3, -0.25) is 14.7 Å². The van der Waals surface area contributed by atoms with E-state index in [1.54, 1.807) is 35.4 Å².